The van der Waals surface area contributed by atoms with Gasteiger partial charge in [-0.2, -0.15) is 0 Å². The Morgan fingerprint density at radius 2 is 0.522 bits per heavy atom. The van der Waals surface area contributed by atoms with E-state index < -0.39 is 54.0 Å². The van der Waals surface area contributed by atoms with E-state index in [1.165, 1.54) is 0 Å². The van der Waals surface area contributed by atoms with Gasteiger partial charge in [-0.25, -0.2) is 0 Å². The van der Waals surface area contributed by atoms with Crippen LogP contribution in [0.5, 0.6) is 0 Å². The maximum Gasteiger partial charge on any atom is 1.00 e. The SMILES string of the molecule is O=C([O-])/C(=C(\C(=O)[O-])C1CCC(O)CC1)C1CCC(O)CC1.O=C([O-])/C(=C(\C(=O)[O-])C1CCC(O)CC1)C1CCCC1.[Na+].[Na+].[Na+].[Na+]. The Morgan fingerprint density at radius 1 is 0.348 bits per heavy atom. The van der Waals surface area contributed by atoms with Gasteiger partial charge in [0.1, 0.15) is 0 Å². The minimum Gasteiger partial charge on any atom is -0.545 e. The number of hydrogen-bond donors (Lipinski definition) is 3. The number of carboxylic acid groups (broad SMARTS) is 4. The number of aliphatic carboxylic acids is 4. The molecule has 0 amide bonds. The van der Waals surface area contributed by atoms with Crippen molar-refractivity contribution in [2.75, 3.05) is 0 Å². The second-order valence-corrected chi connectivity index (χ2v) is 12.3. The fraction of sp³-hybridized carbons (Fsp3) is 0.742. The topological polar surface area (TPSA) is 221 Å². The van der Waals surface area contributed by atoms with E-state index in [2.05, 4.69) is 0 Å². The molecule has 4 aliphatic carbocycles. The Kier molecular flexibility index (Phi) is 26.2. The molecule has 4 saturated carbocycles. The first-order chi connectivity index (χ1) is 19.9. The van der Waals surface area contributed by atoms with Crippen molar-refractivity contribution in [2.45, 2.75) is 121 Å². The first-order valence-corrected chi connectivity index (χ1v) is 15.3. The number of carbonyl (C=O) groups is 4. The summed E-state index contributed by atoms with van der Waals surface area (Å²) >= 11 is 0. The molecule has 0 aromatic rings. The average Bonchev–Trinajstić information content (AvgIpc) is 3.46. The molecule has 0 spiro atoms. The zero-order chi connectivity index (χ0) is 31.0. The van der Waals surface area contributed by atoms with E-state index in [-0.39, 0.29) is 152 Å². The van der Waals surface area contributed by atoms with Crippen LogP contribution >= 0.6 is 0 Å². The van der Waals surface area contributed by atoms with Gasteiger partial charge in [0.15, 0.2) is 0 Å². The minimum absolute atomic E-state index is 0. The van der Waals surface area contributed by atoms with Gasteiger partial charge in [-0.1, -0.05) is 12.8 Å². The van der Waals surface area contributed by atoms with Crippen molar-refractivity contribution < 1.29 is 173 Å². The first-order valence-electron chi connectivity index (χ1n) is 15.3. The maximum absolute atomic E-state index is 11.6. The Morgan fingerprint density at radius 3 is 0.696 bits per heavy atom. The molecular formula is C31H42Na4O11. The molecule has 11 nitrogen and oxygen atoms in total. The number of aliphatic hydroxyl groups excluding tert-OH is 3. The van der Waals surface area contributed by atoms with Gasteiger partial charge in [0.05, 0.1) is 42.2 Å². The van der Waals surface area contributed by atoms with Crippen molar-refractivity contribution >= 4 is 23.9 Å². The van der Waals surface area contributed by atoms with Crippen LogP contribution in [-0.2, 0) is 19.2 Å². The van der Waals surface area contributed by atoms with Crippen molar-refractivity contribution in [1.29, 1.82) is 0 Å². The van der Waals surface area contributed by atoms with E-state index in [4.69, 9.17) is 0 Å². The summed E-state index contributed by atoms with van der Waals surface area (Å²) < 4.78 is 0. The Hall–Kier alpha value is 1.24. The summed E-state index contributed by atoms with van der Waals surface area (Å²) in [5.41, 5.74) is -0.450. The summed E-state index contributed by atoms with van der Waals surface area (Å²) in [6.07, 6.45) is 7.56. The summed E-state index contributed by atoms with van der Waals surface area (Å²) in [6, 6.07) is 0. The second-order valence-electron chi connectivity index (χ2n) is 12.3. The van der Waals surface area contributed by atoms with Gasteiger partial charge in [0.25, 0.3) is 0 Å². The monoisotopic (exact) mass is 682 g/mol. The smallest absolute Gasteiger partial charge is 0.545 e. The van der Waals surface area contributed by atoms with Gasteiger partial charge in [-0.3, -0.25) is 0 Å². The van der Waals surface area contributed by atoms with Gasteiger partial charge in [0.2, 0.25) is 0 Å². The number of carboxylic acids is 4. The third kappa shape index (κ3) is 14.5. The predicted molar refractivity (Wildman–Crippen MR) is 140 cm³/mol. The van der Waals surface area contributed by atoms with Crippen LogP contribution in [0.1, 0.15) is 103 Å². The van der Waals surface area contributed by atoms with Crippen molar-refractivity contribution in [1.82, 2.24) is 0 Å². The molecule has 0 unspecified atom stereocenters. The van der Waals surface area contributed by atoms with Crippen LogP contribution in [0.3, 0.4) is 0 Å². The molecule has 4 rings (SSSR count). The van der Waals surface area contributed by atoms with Crippen LogP contribution in [0.2, 0.25) is 0 Å². The van der Waals surface area contributed by atoms with E-state index in [1.54, 1.807) is 0 Å². The van der Waals surface area contributed by atoms with Crippen LogP contribution in [0.15, 0.2) is 22.3 Å². The van der Waals surface area contributed by atoms with Crippen molar-refractivity contribution in [3.63, 3.8) is 0 Å². The van der Waals surface area contributed by atoms with E-state index >= 15 is 0 Å². The Labute approximate surface area is 359 Å². The molecule has 0 heterocycles. The van der Waals surface area contributed by atoms with E-state index in [0.29, 0.717) is 89.9 Å². The van der Waals surface area contributed by atoms with Crippen LogP contribution in [0.25, 0.3) is 0 Å². The number of carbonyl (C=O) groups excluding carboxylic acids is 4. The van der Waals surface area contributed by atoms with Crippen molar-refractivity contribution in [3.05, 3.63) is 22.3 Å². The van der Waals surface area contributed by atoms with E-state index in [9.17, 15) is 54.9 Å². The molecule has 15 heteroatoms. The molecule has 0 saturated heterocycles. The van der Waals surface area contributed by atoms with Crippen LogP contribution in [-0.4, -0.2) is 57.5 Å². The molecule has 0 atom stereocenters. The number of rotatable bonds is 8. The van der Waals surface area contributed by atoms with Gasteiger partial charge in [0, 0.05) is 0 Å². The molecule has 0 radical (unpaired) electrons. The number of hydrogen-bond acceptors (Lipinski definition) is 11. The summed E-state index contributed by atoms with van der Waals surface area (Å²) in [4.78, 5) is 46.0. The zero-order valence-corrected chi connectivity index (χ0v) is 36.0. The maximum atomic E-state index is 11.6. The predicted octanol–water partition coefficient (Wildman–Crippen LogP) is -13.6. The Bertz CT molecular complexity index is 1010. The minimum atomic E-state index is -1.45. The average molecular weight is 683 g/mol. The van der Waals surface area contributed by atoms with Gasteiger partial charge >= 0.3 is 118 Å². The van der Waals surface area contributed by atoms with Gasteiger partial charge < -0.3 is 54.9 Å². The fourth-order valence-electron chi connectivity index (χ4n) is 7.29. The first kappa shape index (κ1) is 49.4. The second kappa shape index (κ2) is 24.4. The third-order valence-corrected chi connectivity index (χ3v) is 9.54. The molecular weight excluding hydrogens is 640 g/mol. The third-order valence-electron chi connectivity index (χ3n) is 9.54. The molecule has 4 fully saturated rings. The molecule has 3 N–H and O–H groups in total. The van der Waals surface area contributed by atoms with Crippen molar-refractivity contribution in [2.24, 2.45) is 23.7 Å². The quantitative estimate of drug-likeness (QED) is 0.161. The molecule has 46 heavy (non-hydrogen) atoms. The van der Waals surface area contributed by atoms with Crippen LogP contribution in [0.4, 0.5) is 0 Å². The van der Waals surface area contributed by atoms with Gasteiger partial charge in [-0.15, -0.1) is 0 Å². The largest absolute Gasteiger partial charge is 1.00 e. The summed E-state index contributed by atoms with van der Waals surface area (Å²) in [6.45, 7) is 0. The normalized spacial score (nSPS) is 28.8. The van der Waals surface area contributed by atoms with Crippen LogP contribution < -0.4 is 139 Å². The summed E-state index contributed by atoms with van der Waals surface area (Å²) in [7, 11) is 0. The van der Waals surface area contributed by atoms with E-state index in [0.717, 1.165) is 12.8 Å². The molecule has 4 aliphatic rings. The zero-order valence-electron chi connectivity index (χ0n) is 28.0. The summed E-state index contributed by atoms with van der Waals surface area (Å²) in [5.74, 6) is -7.05. The fourth-order valence-corrected chi connectivity index (χ4v) is 7.29. The molecule has 0 bridgehead atoms. The Balaban J connectivity index is 0. The van der Waals surface area contributed by atoms with Gasteiger partial charge in [-0.05, 0) is 136 Å². The molecule has 0 aromatic heterocycles. The van der Waals surface area contributed by atoms with E-state index in [1.807, 2.05) is 0 Å². The van der Waals surface area contributed by atoms with Crippen LogP contribution in [0, 0.1) is 23.7 Å². The number of aliphatic hydroxyl groups is 3. The molecule has 0 aromatic carbocycles. The molecule has 236 valence electrons. The standard InChI is InChI=1S/C16H24O6.C15H22O5.4Na/c17-11-5-1-9(2-6-11)13(15(19)20)14(16(21)22)10-3-7-12(18)8-4-10;16-11-7-5-10(6-8-11)13(15(19)20)12(14(17)18)9-3-1-2-4-9;;;;/h9-12,17-18H,1-8H2,(H,19,20)(H,21,22);9-11,16H,1-8H2,(H,17,18)(H,19,20);;;;/q;;4*+1/p-4/b14-13-;13-12-;;;;. The summed E-state index contributed by atoms with van der Waals surface area (Å²) in [5, 5.41) is 74.6. The molecule has 0 aliphatic heterocycles. The van der Waals surface area contributed by atoms with Crippen molar-refractivity contribution in [3.8, 4) is 0 Å².